The quantitative estimate of drug-likeness (QED) is 0.831. The molecule has 0 aliphatic heterocycles. The highest BCUT2D eigenvalue weighted by atomic mass is 19.1. The summed E-state index contributed by atoms with van der Waals surface area (Å²) in [6.07, 6.45) is 1.41. The minimum absolute atomic E-state index is 0.131. The number of hydrogen-bond donors (Lipinski definition) is 1. The molecule has 0 spiro atoms. The van der Waals surface area contributed by atoms with Crippen molar-refractivity contribution in [2.45, 2.75) is 6.61 Å². The fourth-order valence-corrected chi connectivity index (χ4v) is 1.44. The summed E-state index contributed by atoms with van der Waals surface area (Å²) >= 11 is 0. The number of ether oxygens (including phenoxy) is 1. The lowest BCUT2D eigenvalue weighted by Crippen LogP contribution is -2.05. The Labute approximate surface area is 110 Å². The van der Waals surface area contributed by atoms with Gasteiger partial charge in [-0.05, 0) is 18.2 Å². The second-order valence-electron chi connectivity index (χ2n) is 3.74. The minimum Gasteiger partial charge on any atom is -0.483 e. The summed E-state index contributed by atoms with van der Waals surface area (Å²) < 4.78 is 20.5. The fraction of sp³-hybridized carbons (Fsp3) is 0.231. The van der Waals surface area contributed by atoms with Crippen LogP contribution in [0.3, 0.4) is 0 Å². The summed E-state index contributed by atoms with van der Waals surface area (Å²) in [5.74, 6) is 5.82. The maximum absolute atomic E-state index is 13.6. The Morgan fingerprint density at radius 3 is 3.00 bits per heavy atom. The number of halogens is 1. The van der Waals surface area contributed by atoms with Gasteiger partial charge in [0.2, 0.25) is 0 Å². The van der Waals surface area contributed by atoms with E-state index in [1.165, 1.54) is 18.5 Å². The van der Waals surface area contributed by atoms with Crippen molar-refractivity contribution in [1.82, 2.24) is 14.8 Å². The van der Waals surface area contributed by atoms with Gasteiger partial charge in [-0.2, -0.15) is 5.10 Å². The molecule has 0 aliphatic rings. The zero-order valence-electron chi connectivity index (χ0n) is 10.4. The van der Waals surface area contributed by atoms with Crippen LogP contribution >= 0.6 is 0 Å². The molecule has 19 heavy (non-hydrogen) atoms. The topological polar surface area (TPSA) is 66.0 Å². The fourth-order valence-electron chi connectivity index (χ4n) is 1.44. The molecule has 0 saturated carbocycles. The molecule has 0 radical (unpaired) electrons. The Hall–Kier alpha value is -2.39. The summed E-state index contributed by atoms with van der Waals surface area (Å²) in [5.41, 5.74) is 5.94. The molecule has 2 aromatic rings. The SMILES string of the molecule is Cn1ncnc1COc1cc(C#CCN)ccc1F. The van der Waals surface area contributed by atoms with E-state index in [9.17, 15) is 4.39 Å². The number of aromatic nitrogens is 3. The largest absolute Gasteiger partial charge is 0.483 e. The van der Waals surface area contributed by atoms with Crippen LogP contribution in [0, 0.1) is 17.7 Å². The van der Waals surface area contributed by atoms with Crippen molar-refractivity contribution in [2.75, 3.05) is 6.54 Å². The van der Waals surface area contributed by atoms with Crippen molar-refractivity contribution in [2.24, 2.45) is 12.8 Å². The molecule has 0 aliphatic carbocycles. The third kappa shape index (κ3) is 3.30. The van der Waals surface area contributed by atoms with Crippen LogP contribution in [0.25, 0.3) is 0 Å². The van der Waals surface area contributed by atoms with Crippen molar-refractivity contribution in [3.8, 4) is 17.6 Å². The smallest absolute Gasteiger partial charge is 0.165 e. The molecular weight excluding hydrogens is 247 g/mol. The van der Waals surface area contributed by atoms with Crippen LogP contribution in [-0.4, -0.2) is 21.3 Å². The van der Waals surface area contributed by atoms with Gasteiger partial charge in [0.15, 0.2) is 17.4 Å². The molecular formula is C13H13FN4O. The van der Waals surface area contributed by atoms with E-state index in [1.807, 2.05) is 0 Å². The minimum atomic E-state index is -0.444. The number of hydrogen-bond acceptors (Lipinski definition) is 4. The Morgan fingerprint density at radius 1 is 1.47 bits per heavy atom. The predicted octanol–water partition coefficient (Wildman–Crippen LogP) is 0.843. The second-order valence-corrected chi connectivity index (χ2v) is 3.74. The molecule has 0 fully saturated rings. The van der Waals surface area contributed by atoms with Crippen LogP contribution in [0.5, 0.6) is 5.75 Å². The normalized spacial score (nSPS) is 9.84. The number of nitrogens with two attached hydrogens (primary N) is 1. The van der Waals surface area contributed by atoms with Crippen LogP contribution in [0.4, 0.5) is 4.39 Å². The third-order valence-electron chi connectivity index (χ3n) is 2.43. The lowest BCUT2D eigenvalue weighted by Gasteiger charge is -2.07. The standard InChI is InChI=1S/C13H13FN4O/c1-18-13(16-9-17-18)8-19-12-7-10(3-2-6-15)4-5-11(12)14/h4-5,7,9H,6,8,15H2,1H3. The molecule has 6 heteroatoms. The van der Waals surface area contributed by atoms with Crippen LogP contribution in [0.1, 0.15) is 11.4 Å². The van der Waals surface area contributed by atoms with Crippen LogP contribution in [-0.2, 0) is 13.7 Å². The highest BCUT2D eigenvalue weighted by molar-refractivity contribution is 5.40. The van der Waals surface area contributed by atoms with Gasteiger partial charge in [0.1, 0.15) is 12.9 Å². The highest BCUT2D eigenvalue weighted by Crippen LogP contribution is 2.19. The van der Waals surface area contributed by atoms with Gasteiger partial charge in [0, 0.05) is 12.6 Å². The number of aryl methyl sites for hydroxylation is 1. The summed E-state index contributed by atoms with van der Waals surface area (Å²) in [6, 6.07) is 4.42. The van der Waals surface area contributed by atoms with Gasteiger partial charge in [-0.15, -0.1) is 0 Å². The van der Waals surface area contributed by atoms with Crippen molar-refractivity contribution < 1.29 is 9.13 Å². The van der Waals surface area contributed by atoms with Crippen LogP contribution in [0.15, 0.2) is 24.5 Å². The molecule has 5 nitrogen and oxygen atoms in total. The Bertz CT molecular complexity index is 627. The molecule has 0 unspecified atom stereocenters. The Kier molecular flexibility index (Phi) is 4.11. The van der Waals surface area contributed by atoms with Gasteiger partial charge in [-0.1, -0.05) is 11.8 Å². The van der Waals surface area contributed by atoms with E-state index >= 15 is 0 Å². The molecule has 0 amide bonds. The lowest BCUT2D eigenvalue weighted by atomic mass is 10.2. The summed E-state index contributed by atoms with van der Waals surface area (Å²) in [5, 5.41) is 3.90. The first-order valence-corrected chi connectivity index (χ1v) is 5.65. The molecule has 2 rings (SSSR count). The Morgan fingerprint density at radius 2 is 2.32 bits per heavy atom. The molecule has 98 valence electrons. The maximum Gasteiger partial charge on any atom is 0.165 e. The molecule has 0 atom stereocenters. The van der Waals surface area contributed by atoms with E-state index in [2.05, 4.69) is 21.9 Å². The molecule has 0 saturated heterocycles. The average molecular weight is 260 g/mol. The van der Waals surface area contributed by atoms with E-state index in [-0.39, 0.29) is 18.9 Å². The van der Waals surface area contributed by atoms with E-state index < -0.39 is 5.82 Å². The monoisotopic (exact) mass is 260 g/mol. The van der Waals surface area contributed by atoms with Crippen LogP contribution in [0.2, 0.25) is 0 Å². The molecule has 1 aromatic heterocycles. The maximum atomic E-state index is 13.6. The number of rotatable bonds is 3. The molecule has 1 aromatic carbocycles. The number of nitrogens with zero attached hydrogens (tertiary/aromatic N) is 3. The third-order valence-corrected chi connectivity index (χ3v) is 2.43. The van der Waals surface area contributed by atoms with E-state index in [1.54, 1.807) is 17.8 Å². The summed E-state index contributed by atoms with van der Waals surface area (Å²) in [4.78, 5) is 3.99. The van der Waals surface area contributed by atoms with Crippen molar-refractivity contribution in [3.63, 3.8) is 0 Å². The highest BCUT2D eigenvalue weighted by Gasteiger charge is 2.07. The van der Waals surface area contributed by atoms with Crippen molar-refractivity contribution in [3.05, 3.63) is 41.7 Å². The molecule has 1 heterocycles. The van der Waals surface area contributed by atoms with Gasteiger partial charge in [-0.25, -0.2) is 9.37 Å². The molecule has 2 N–H and O–H groups in total. The van der Waals surface area contributed by atoms with E-state index in [0.29, 0.717) is 11.4 Å². The lowest BCUT2D eigenvalue weighted by molar-refractivity contribution is 0.275. The van der Waals surface area contributed by atoms with Crippen LogP contribution < -0.4 is 10.5 Å². The molecule has 0 bridgehead atoms. The van der Waals surface area contributed by atoms with Crippen molar-refractivity contribution >= 4 is 0 Å². The summed E-state index contributed by atoms with van der Waals surface area (Å²) in [7, 11) is 1.74. The predicted molar refractivity (Wildman–Crippen MR) is 67.7 cm³/mol. The van der Waals surface area contributed by atoms with Gasteiger partial charge in [0.25, 0.3) is 0 Å². The van der Waals surface area contributed by atoms with Gasteiger partial charge in [0.05, 0.1) is 6.54 Å². The van der Waals surface area contributed by atoms with Crippen molar-refractivity contribution in [1.29, 1.82) is 0 Å². The Balaban J connectivity index is 2.13. The first-order chi connectivity index (χ1) is 9.20. The first kappa shape index (κ1) is 13.1. The summed E-state index contributed by atoms with van der Waals surface area (Å²) in [6.45, 7) is 0.397. The van der Waals surface area contributed by atoms with E-state index in [4.69, 9.17) is 10.5 Å². The first-order valence-electron chi connectivity index (χ1n) is 5.65. The number of benzene rings is 1. The average Bonchev–Trinajstić information content (AvgIpc) is 2.82. The second kappa shape index (κ2) is 5.98. The van der Waals surface area contributed by atoms with E-state index in [0.717, 1.165) is 0 Å². The van der Waals surface area contributed by atoms with Gasteiger partial charge in [-0.3, -0.25) is 4.68 Å². The zero-order valence-corrected chi connectivity index (χ0v) is 10.4. The van der Waals surface area contributed by atoms with Gasteiger partial charge < -0.3 is 10.5 Å². The zero-order chi connectivity index (χ0) is 13.7. The van der Waals surface area contributed by atoms with Gasteiger partial charge >= 0.3 is 0 Å².